The van der Waals surface area contributed by atoms with Gasteiger partial charge in [-0.25, -0.2) is 0 Å². The van der Waals surface area contributed by atoms with Gasteiger partial charge in [-0.15, -0.1) is 0 Å². The van der Waals surface area contributed by atoms with Gasteiger partial charge in [0.25, 0.3) is 0 Å². The highest BCUT2D eigenvalue weighted by molar-refractivity contribution is 7.80. The van der Waals surface area contributed by atoms with E-state index in [0.717, 1.165) is 50.0 Å². The van der Waals surface area contributed by atoms with Crippen molar-refractivity contribution in [1.82, 2.24) is 5.32 Å². The zero-order valence-corrected chi connectivity index (χ0v) is 13.9. The van der Waals surface area contributed by atoms with Crippen LogP contribution in [-0.2, 0) is 4.79 Å². The maximum absolute atomic E-state index is 11.8. The van der Waals surface area contributed by atoms with Crippen LogP contribution in [0.5, 0.6) is 0 Å². The third-order valence-corrected chi connectivity index (χ3v) is 3.77. The van der Waals surface area contributed by atoms with Crippen molar-refractivity contribution in [3.05, 3.63) is 23.9 Å². The molecule has 21 heavy (non-hydrogen) atoms. The average Bonchev–Trinajstić information content (AvgIpc) is 2.49. The Morgan fingerprint density at radius 3 is 2.90 bits per heavy atom. The number of nitrogens with one attached hydrogen (secondary N) is 1. The molecule has 1 heterocycles. The van der Waals surface area contributed by atoms with Gasteiger partial charge in [0, 0.05) is 18.3 Å². The number of amides is 1. The van der Waals surface area contributed by atoms with E-state index in [1.54, 1.807) is 0 Å². The van der Waals surface area contributed by atoms with E-state index in [0.29, 0.717) is 6.42 Å². The third-order valence-electron chi connectivity index (χ3n) is 3.45. The first-order chi connectivity index (χ1) is 10.3. The molecule has 0 saturated heterocycles. The molecule has 0 aliphatic carbocycles. The van der Waals surface area contributed by atoms with Crippen molar-refractivity contribution in [1.29, 1.82) is 0 Å². The fourth-order valence-corrected chi connectivity index (χ4v) is 2.43. The number of unbranched alkanes of at least 4 members (excludes halogenated alkanes) is 3. The predicted octanol–water partition coefficient (Wildman–Crippen LogP) is 4.07. The lowest BCUT2D eigenvalue weighted by atomic mass is 10.1. The molecule has 0 spiro atoms. The highest BCUT2D eigenvalue weighted by Gasteiger charge is 2.14. The van der Waals surface area contributed by atoms with Crippen LogP contribution in [-0.4, -0.2) is 23.9 Å². The molecule has 4 heteroatoms. The van der Waals surface area contributed by atoms with Crippen molar-refractivity contribution in [2.45, 2.75) is 64.3 Å². The minimum atomic E-state index is 0.0993. The molecular weight excluding hydrogens is 280 g/mol. The van der Waals surface area contributed by atoms with Crippen LogP contribution in [0.2, 0.25) is 0 Å². The van der Waals surface area contributed by atoms with E-state index in [1.165, 1.54) is 6.42 Å². The van der Waals surface area contributed by atoms with Crippen LogP contribution in [0.25, 0.3) is 0 Å². The first kappa shape index (κ1) is 18.0. The van der Waals surface area contributed by atoms with Crippen LogP contribution in [0.1, 0.15) is 58.3 Å². The Kier molecular flexibility index (Phi) is 9.96. The van der Waals surface area contributed by atoms with Gasteiger partial charge in [0.2, 0.25) is 5.91 Å². The summed E-state index contributed by atoms with van der Waals surface area (Å²) in [5, 5.41) is 3.05. The lowest BCUT2D eigenvalue weighted by molar-refractivity contribution is -0.121. The second-order valence-electron chi connectivity index (χ2n) is 5.37. The number of hydrogen-bond acceptors (Lipinski definition) is 3. The SMILES string of the molecule is CC/C=C\C=C1/CCC(NC(=O)CCCCCCS)C=N1. The highest BCUT2D eigenvalue weighted by Crippen LogP contribution is 2.14. The number of hydrogen-bond donors (Lipinski definition) is 2. The van der Waals surface area contributed by atoms with Crippen molar-refractivity contribution < 1.29 is 4.79 Å². The molecule has 0 aromatic heterocycles. The predicted molar refractivity (Wildman–Crippen MR) is 94.1 cm³/mol. The summed E-state index contributed by atoms with van der Waals surface area (Å²) in [6.45, 7) is 2.11. The van der Waals surface area contributed by atoms with Crippen LogP contribution in [0.4, 0.5) is 0 Å². The number of thiol groups is 1. The molecule has 3 nitrogen and oxygen atoms in total. The zero-order chi connectivity index (χ0) is 15.3. The van der Waals surface area contributed by atoms with Gasteiger partial charge in [-0.2, -0.15) is 12.6 Å². The monoisotopic (exact) mass is 308 g/mol. The van der Waals surface area contributed by atoms with E-state index in [-0.39, 0.29) is 11.9 Å². The van der Waals surface area contributed by atoms with Crippen molar-refractivity contribution >= 4 is 24.8 Å². The standard InChI is InChI=1S/C17H28N2OS/c1-2-3-6-9-15-11-12-16(14-18-15)19-17(20)10-7-4-5-8-13-21/h3,6,9,14,16,21H,2,4-5,7-8,10-13H2,1H3,(H,19,20)/b6-3-,15-9+. The molecule has 1 unspecified atom stereocenters. The molecule has 0 saturated carbocycles. The maximum atomic E-state index is 11.8. The molecule has 0 aromatic rings. The fraction of sp³-hybridized carbons (Fsp3) is 0.647. The third kappa shape index (κ3) is 8.76. The molecule has 1 atom stereocenters. The molecule has 0 bridgehead atoms. The Labute approximate surface area is 134 Å². The highest BCUT2D eigenvalue weighted by atomic mass is 32.1. The summed E-state index contributed by atoms with van der Waals surface area (Å²) in [7, 11) is 0. The molecular formula is C17H28N2OS. The van der Waals surface area contributed by atoms with E-state index < -0.39 is 0 Å². The second kappa shape index (κ2) is 11.6. The summed E-state index contributed by atoms with van der Waals surface area (Å²) >= 11 is 4.18. The first-order valence-electron chi connectivity index (χ1n) is 8.06. The molecule has 1 aliphatic heterocycles. The lowest BCUT2D eigenvalue weighted by Gasteiger charge is -2.18. The summed E-state index contributed by atoms with van der Waals surface area (Å²) in [5.41, 5.74) is 1.09. The lowest BCUT2D eigenvalue weighted by Crippen LogP contribution is -2.37. The van der Waals surface area contributed by atoms with Gasteiger partial charge < -0.3 is 5.32 Å². The number of rotatable bonds is 9. The number of nitrogens with zero attached hydrogens (tertiary/aromatic N) is 1. The first-order valence-corrected chi connectivity index (χ1v) is 8.69. The normalized spacial score (nSPS) is 20.3. The van der Waals surface area contributed by atoms with Crippen molar-refractivity contribution in [2.75, 3.05) is 5.75 Å². The Morgan fingerprint density at radius 2 is 2.24 bits per heavy atom. The summed E-state index contributed by atoms with van der Waals surface area (Å²) in [6.07, 6.45) is 16.0. The van der Waals surface area contributed by atoms with Crippen LogP contribution in [0.15, 0.2) is 28.9 Å². The van der Waals surface area contributed by atoms with Gasteiger partial charge in [0.15, 0.2) is 0 Å². The Bertz CT molecular complexity index is 388. The van der Waals surface area contributed by atoms with Gasteiger partial charge in [0.05, 0.1) is 6.04 Å². The van der Waals surface area contributed by atoms with E-state index in [1.807, 2.05) is 6.21 Å². The average molecular weight is 308 g/mol. The van der Waals surface area contributed by atoms with Crippen molar-refractivity contribution in [3.63, 3.8) is 0 Å². The fourth-order valence-electron chi connectivity index (χ4n) is 2.21. The molecule has 1 rings (SSSR count). The Morgan fingerprint density at radius 1 is 1.43 bits per heavy atom. The molecule has 1 aliphatic rings. The molecule has 1 amide bonds. The van der Waals surface area contributed by atoms with Gasteiger partial charge >= 0.3 is 0 Å². The van der Waals surface area contributed by atoms with E-state index >= 15 is 0 Å². The van der Waals surface area contributed by atoms with Crippen LogP contribution >= 0.6 is 12.6 Å². The zero-order valence-electron chi connectivity index (χ0n) is 13.1. The van der Waals surface area contributed by atoms with Gasteiger partial charge in [0.1, 0.15) is 0 Å². The Hall–Kier alpha value is -1.03. The van der Waals surface area contributed by atoms with E-state index in [2.05, 4.69) is 48.1 Å². The summed E-state index contributed by atoms with van der Waals surface area (Å²) in [5.74, 6) is 1.09. The Balaban J connectivity index is 2.21. The van der Waals surface area contributed by atoms with Gasteiger partial charge in [-0.1, -0.05) is 31.9 Å². The van der Waals surface area contributed by atoms with Crippen molar-refractivity contribution in [2.24, 2.45) is 4.99 Å². The van der Waals surface area contributed by atoms with Crippen LogP contribution in [0, 0.1) is 0 Å². The topological polar surface area (TPSA) is 41.5 Å². The minimum absolute atomic E-state index is 0.0993. The molecule has 118 valence electrons. The second-order valence-corrected chi connectivity index (χ2v) is 5.82. The summed E-state index contributed by atoms with van der Waals surface area (Å²) in [6, 6.07) is 0.0993. The summed E-state index contributed by atoms with van der Waals surface area (Å²) in [4.78, 5) is 16.2. The number of carbonyl (C=O) groups excluding carboxylic acids is 1. The van der Waals surface area contributed by atoms with Gasteiger partial charge in [-0.3, -0.25) is 9.79 Å². The molecule has 0 aromatic carbocycles. The largest absolute Gasteiger partial charge is 0.348 e. The van der Waals surface area contributed by atoms with Gasteiger partial charge in [-0.05, 0) is 43.9 Å². The smallest absolute Gasteiger partial charge is 0.220 e. The quantitative estimate of drug-likeness (QED) is 0.489. The van der Waals surface area contributed by atoms with E-state index in [9.17, 15) is 4.79 Å². The van der Waals surface area contributed by atoms with Crippen LogP contribution in [0.3, 0.4) is 0 Å². The summed E-state index contributed by atoms with van der Waals surface area (Å²) < 4.78 is 0. The van der Waals surface area contributed by atoms with E-state index in [4.69, 9.17) is 0 Å². The van der Waals surface area contributed by atoms with Crippen LogP contribution < -0.4 is 5.32 Å². The molecule has 1 N–H and O–H groups in total. The minimum Gasteiger partial charge on any atom is -0.348 e. The number of aliphatic imine (C=N–C) groups is 1. The van der Waals surface area contributed by atoms with Crippen molar-refractivity contribution in [3.8, 4) is 0 Å². The maximum Gasteiger partial charge on any atom is 0.220 e. The number of allylic oxidation sites excluding steroid dienone is 4. The molecule has 0 fully saturated rings. The molecule has 0 radical (unpaired) electrons. The number of carbonyl (C=O) groups is 1.